The van der Waals surface area contributed by atoms with Crippen LogP contribution in [0.25, 0.3) is 0 Å². The van der Waals surface area contributed by atoms with Crippen LogP contribution in [0.2, 0.25) is 0 Å². The molecule has 1 saturated carbocycles. The van der Waals surface area contributed by atoms with Crippen LogP contribution in [0.4, 0.5) is 0 Å². The number of aromatic nitrogens is 2. The van der Waals surface area contributed by atoms with Gasteiger partial charge in [-0.3, -0.25) is 19.2 Å². The number of hydrogen-bond donors (Lipinski definition) is 1. The van der Waals surface area contributed by atoms with Gasteiger partial charge in [-0.25, -0.2) is 0 Å². The molecular formula is C31H52N6O2. The molecule has 0 bridgehead atoms. The fourth-order valence-corrected chi connectivity index (χ4v) is 7.75. The molecule has 4 heterocycles. The van der Waals surface area contributed by atoms with Crippen LogP contribution in [-0.4, -0.2) is 87.6 Å². The molecule has 0 radical (unpaired) electrons. The summed E-state index contributed by atoms with van der Waals surface area (Å²) in [6, 6.07) is 0.153. The molecule has 1 aliphatic carbocycles. The first-order valence-corrected chi connectivity index (χ1v) is 15.9. The Hall–Kier alpha value is -1.93. The lowest BCUT2D eigenvalue weighted by Gasteiger charge is -2.52. The highest BCUT2D eigenvalue weighted by Crippen LogP contribution is 2.37. The molecule has 0 aromatic carbocycles. The first-order valence-electron chi connectivity index (χ1n) is 15.9. The molecule has 1 aromatic heterocycles. The summed E-state index contributed by atoms with van der Waals surface area (Å²) in [5.41, 5.74) is 3.08. The van der Waals surface area contributed by atoms with Crippen LogP contribution in [-0.2, 0) is 16.1 Å². The van der Waals surface area contributed by atoms with Crippen LogP contribution < -0.4 is 5.32 Å². The molecule has 2 amide bonds. The number of piperazine rings is 1. The lowest BCUT2D eigenvalue weighted by Crippen LogP contribution is -2.73. The van der Waals surface area contributed by atoms with Crippen molar-refractivity contribution >= 4 is 11.8 Å². The normalized spacial score (nSPS) is 25.9. The molecule has 3 aliphatic heterocycles. The van der Waals surface area contributed by atoms with Crippen molar-refractivity contribution in [2.45, 2.75) is 122 Å². The number of likely N-dealkylation sites (tertiary alicyclic amines) is 2. The van der Waals surface area contributed by atoms with E-state index in [0.717, 1.165) is 70.5 Å². The maximum absolute atomic E-state index is 13.8. The minimum Gasteiger partial charge on any atom is -0.342 e. The third kappa shape index (κ3) is 5.92. The molecule has 39 heavy (non-hydrogen) atoms. The Bertz CT molecular complexity index is 999. The van der Waals surface area contributed by atoms with Gasteiger partial charge < -0.3 is 15.1 Å². The average Bonchev–Trinajstić information content (AvgIpc) is 3.22. The lowest BCUT2D eigenvalue weighted by atomic mass is 9.79. The molecular weight excluding hydrogens is 488 g/mol. The smallest absolute Gasteiger partial charge is 0.246 e. The van der Waals surface area contributed by atoms with Gasteiger partial charge in [0.25, 0.3) is 0 Å². The van der Waals surface area contributed by atoms with Crippen molar-refractivity contribution in [3.05, 3.63) is 17.0 Å². The summed E-state index contributed by atoms with van der Waals surface area (Å²) in [4.78, 5) is 34.5. The van der Waals surface area contributed by atoms with E-state index in [2.05, 4.69) is 47.6 Å². The summed E-state index contributed by atoms with van der Waals surface area (Å²) in [5, 5.41) is 8.23. The van der Waals surface area contributed by atoms with E-state index in [0.29, 0.717) is 31.3 Å². The molecule has 1 atom stereocenters. The number of rotatable bonds is 8. The quantitative estimate of drug-likeness (QED) is 0.535. The second-order valence-corrected chi connectivity index (χ2v) is 13.0. The molecule has 3 saturated heterocycles. The van der Waals surface area contributed by atoms with Crippen molar-refractivity contribution in [3.8, 4) is 0 Å². The zero-order valence-corrected chi connectivity index (χ0v) is 25.0. The Balaban J connectivity index is 1.25. The number of piperidine rings is 2. The number of carbonyl (C=O) groups excluding carboxylic acids is 2. The van der Waals surface area contributed by atoms with Gasteiger partial charge in [-0.05, 0) is 78.4 Å². The van der Waals surface area contributed by atoms with E-state index in [1.54, 1.807) is 0 Å². The van der Waals surface area contributed by atoms with Crippen LogP contribution >= 0.6 is 0 Å². The standard InChI is InChI=1S/C31H52N6O2/c1-5-6-16-36-29(38)28(21-25-10-8-7-9-11-25)32-30(39)31(36)14-19-35(20-15-31)22-27-23(2)33-37(24(27)3)26-12-17-34(4)18-13-26/h25-26,28H,5-22H2,1-4H3,(H,32,39). The fourth-order valence-electron chi connectivity index (χ4n) is 7.75. The van der Waals surface area contributed by atoms with Crippen molar-refractivity contribution in [1.82, 2.24) is 29.8 Å². The van der Waals surface area contributed by atoms with Crippen LogP contribution in [0.15, 0.2) is 0 Å². The highest BCUT2D eigenvalue weighted by Gasteiger charge is 2.53. The predicted octanol–water partition coefficient (Wildman–Crippen LogP) is 4.20. The summed E-state index contributed by atoms with van der Waals surface area (Å²) in [5.74, 6) is 0.841. The van der Waals surface area contributed by atoms with Gasteiger partial charge in [0.2, 0.25) is 11.8 Å². The first kappa shape index (κ1) is 28.6. The van der Waals surface area contributed by atoms with Gasteiger partial charge in [0, 0.05) is 37.4 Å². The minimum absolute atomic E-state index is 0.0982. The molecule has 1 N–H and O–H groups in total. The van der Waals surface area contributed by atoms with E-state index in [-0.39, 0.29) is 17.9 Å². The number of nitrogens with one attached hydrogen (secondary N) is 1. The molecule has 4 fully saturated rings. The van der Waals surface area contributed by atoms with Gasteiger partial charge in [0.1, 0.15) is 11.6 Å². The predicted molar refractivity (Wildman–Crippen MR) is 154 cm³/mol. The zero-order chi connectivity index (χ0) is 27.6. The van der Waals surface area contributed by atoms with Gasteiger partial charge in [-0.1, -0.05) is 45.4 Å². The number of nitrogens with zero attached hydrogens (tertiary/aromatic N) is 5. The molecule has 1 aromatic rings. The fraction of sp³-hybridized carbons (Fsp3) is 0.839. The number of unbranched alkanes of at least 4 members (excludes halogenated alkanes) is 1. The number of hydrogen-bond acceptors (Lipinski definition) is 5. The van der Waals surface area contributed by atoms with Crippen LogP contribution in [0.1, 0.15) is 107 Å². The molecule has 1 spiro atoms. The minimum atomic E-state index is -0.686. The molecule has 4 aliphatic rings. The Morgan fingerprint density at radius 2 is 1.67 bits per heavy atom. The van der Waals surface area contributed by atoms with Crippen LogP contribution in [0, 0.1) is 19.8 Å². The SMILES string of the molecule is CCCCN1C(=O)C(CC2CCCCC2)NC(=O)C12CCN(Cc1c(C)nn(C3CCN(C)CC3)c1C)CC2. The van der Waals surface area contributed by atoms with Crippen molar-refractivity contribution in [2.75, 3.05) is 39.8 Å². The summed E-state index contributed by atoms with van der Waals surface area (Å²) < 4.78 is 2.29. The van der Waals surface area contributed by atoms with Crippen molar-refractivity contribution in [3.63, 3.8) is 0 Å². The third-order valence-corrected chi connectivity index (χ3v) is 10.4. The van der Waals surface area contributed by atoms with Crippen molar-refractivity contribution in [2.24, 2.45) is 5.92 Å². The topological polar surface area (TPSA) is 73.7 Å². The molecule has 8 heteroatoms. The zero-order valence-electron chi connectivity index (χ0n) is 25.0. The maximum atomic E-state index is 13.8. The number of amides is 2. The Morgan fingerprint density at radius 1 is 0.974 bits per heavy atom. The van der Waals surface area contributed by atoms with Gasteiger partial charge in [-0.2, -0.15) is 5.10 Å². The van der Waals surface area contributed by atoms with E-state index in [4.69, 9.17) is 5.10 Å². The second kappa shape index (κ2) is 12.3. The molecule has 5 rings (SSSR count). The Labute approximate surface area is 235 Å². The van der Waals surface area contributed by atoms with E-state index in [9.17, 15) is 9.59 Å². The van der Waals surface area contributed by atoms with Crippen molar-refractivity contribution in [1.29, 1.82) is 0 Å². The van der Waals surface area contributed by atoms with Gasteiger partial charge >= 0.3 is 0 Å². The first-order chi connectivity index (χ1) is 18.8. The average molecular weight is 541 g/mol. The highest BCUT2D eigenvalue weighted by molar-refractivity contribution is 6.00. The summed E-state index contributed by atoms with van der Waals surface area (Å²) >= 11 is 0. The summed E-state index contributed by atoms with van der Waals surface area (Å²) in [6.45, 7) is 12.0. The van der Waals surface area contributed by atoms with Crippen LogP contribution in [0.3, 0.4) is 0 Å². The Kier molecular flexibility index (Phi) is 9.01. The highest BCUT2D eigenvalue weighted by atomic mass is 16.2. The number of aryl methyl sites for hydroxylation is 1. The van der Waals surface area contributed by atoms with E-state index in [1.807, 2.05) is 4.90 Å². The molecule has 8 nitrogen and oxygen atoms in total. The molecule has 1 unspecified atom stereocenters. The van der Waals surface area contributed by atoms with E-state index < -0.39 is 5.54 Å². The largest absolute Gasteiger partial charge is 0.342 e. The van der Waals surface area contributed by atoms with Gasteiger partial charge in [-0.15, -0.1) is 0 Å². The number of carbonyl (C=O) groups is 2. The summed E-state index contributed by atoms with van der Waals surface area (Å²) in [7, 11) is 2.20. The Morgan fingerprint density at radius 3 is 2.33 bits per heavy atom. The maximum Gasteiger partial charge on any atom is 0.246 e. The monoisotopic (exact) mass is 540 g/mol. The second-order valence-electron chi connectivity index (χ2n) is 13.0. The lowest BCUT2D eigenvalue weighted by molar-refractivity contribution is -0.162. The van der Waals surface area contributed by atoms with Gasteiger partial charge in [0.05, 0.1) is 11.7 Å². The van der Waals surface area contributed by atoms with Gasteiger partial charge in [0.15, 0.2) is 0 Å². The van der Waals surface area contributed by atoms with E-state index >= 15 is 0 Å². The summed E-state index contributed by atoms with van der Waals surface area (Å²) in [6.07, 6.45) is 12.8. The third-order valence-electron chi connectivity index (χ3n) is 10.4. The molecule has 218 valence electrons. The van der Waals surface area contributed by atoms with Crippen molar-refractivity contribution < 1.29 is 9.59 Å². The van der Waals surface area contributed by atoms with Crippen LogP contribution in [0.5, 0.6) is 0 Å². The van der Waals surface area contributed by atoms with E-state index in [1.165, 1.54) is 43.4 Å².